The summed E-state index contributed by atoms with van der Waals surface area (Å²) in [6.45, 7) is 9.71. The van der Waals surface area contributed by atoms with Gasteiger partial charge >= 0.3 is 0 Å². The number of amides is 1. The summed E-state index contributed by atoms with van der Waals surface area (Å²) in [6.07, 6.45) is 0.693. The normalized spacial score (nSPS) is 17.7. The summed E-state index contributed by atoms with van der Waals surface area (Å²) in [4.78, 5) is 30.2. The van der Waals surface area contributed by atoms with Crippen LogP contribution in [0.3, 0.4) is 0 Å². The summed E-state index contributed by atoms with van der Waals surface area (Å²) in [5, 5.41) is 11.5. The van der Waals surface area contributed by atoms with E-state index in [4.69, 9.17) is 9.47 Å². The van der Waals surface area contributed by atoms with Gasteiger partial charge in [0.15, 0.2) is 0 Å². The van der Waals surface area contributed by atoms with E-state index in [1.807, 2.05) is 56.3 Å². The second-order valence-corrected chi connectivity index (χ2v) is 10.3. The monoisotopic (exact) mass is 494 g/mol. The first-order valence-electron chi connectivity index (χ1n) is 12.3. The SMILES string of the molecule is CCOc1cccc(C2/C(=C(\O)c3ccc(OC)c(C(C)(C)C)c3)C(=O)C(=O)N2CCCN(C)C)c1. The van der Waals surface area contributed by atoms with Crippen LogP contribution in [0, 0.1) is 0 Å². The number of likely N-dealkylation sites (tertiary alicyclic amines) is 1. The third-order valence-corrected chi connectivity index (χ3v) is 6.31. The molecule has 194 valence electrons. The maximum absolute atomic E-state index is 13.4. The van der Waals surface area contributed by atoms with E-state index < -0.39 is 17.7 Å². The summed E-state index contributed by atoms with van der Waals surface area (Å²) in [5.74, 6) is -0.134. The Balaban J connectivity index is 2.18. The van der Waals surface area contributed by atoms with Crippen molar-refractivity contribution in [1.82, 2.24) is 9.80 Å². The first-order valence-corrected chi connectivity index (χ1v) is 12.3. The Morgan fingerprint density at radius 1 is 1.11 bits per heavy atom. The van der Waals surface area contributed by atoms with E-state index >= 15 is 0 Å². The molecule has 3 rings (SSSR count). The highest BCUT2D eigenvalue weighted by molar-refractivity contribution is 6.46. The predicted octanol–water partition coefficient (Wildman–Crippen LogP) is 4.76. The lowest BCUT2D eigenvalue weighted by molar-refractivity contribution is -0.139. The molecular weight excluding hydrogens is 456 g/mol. The van der Waals surface area contributed by atoms with E-state index in [2.05, 4.69) is 20.8 Å². The van der Waals surface area contributed by atoms with Gasteiger partial charge in [0.05, 0.1) is 25.3 Å². The molecule has 1 amide bonds. The minimum atomic E-state index is -0.715. The predicted molar refractivity (Wildman–Crippen MR) is 141 cm³/mol. The maximum atomic E-state index is 13.4. The molecular formula is C29H38N2O5. The van der Waals surface area contributed by atoms with Crippen molar-refractivity contribution in [3.05, 3.63) is 64.7 Å². The number of carbonyl (C=O) groups is 2. The van der Waals surface area contributed by atoms with Crippen LogP contribution in [0.4, 0.5) is 0 Å². The third kappa shape index (κ3) is 5.73. The van der Waals surface area contributed by atoms with Gasteiger partial charge in [-0.15, -0.1) is 0 Å². The van der Waals surface area contributed by atoms with E-state index in [1.165, 1.54) is 0 Å². The number of rotatable bonds is 9. The fraction of sp³-hybridized carbons (Fsp3) is 0.448. The molecule has 1 heterocycles. The van der Waals surface area contributed by atoms with E-state index in [0.29, 0.717) is 36.6 Å². The molecule has 2 aromatic carbocycles. The van der Waals surface area contributed by atoms with Gasteiger partial charge in [0, 0.05) is 17.7 Å². The van der Waals surface area contributed by atoms with Crippen molar-refractivity contribution < 1.29 is 24.2 Å². The molecule has 1 aliphatic rings. The van der Waals surface area contributed by atoms with Crippen molar-refractivity contribution in [1.29, 1.82) is 0 Å². The average Bonchev–Trinajstić information content (AvgIpc) is 3.08. The number of Topliss-reactive ketones (excluding diaryl/α,β-unsaturated/α-hetero) is 1. The van der Waals surface area contributed by atoms with Crippen LogP contribution in [0.25, 0.3) is 5.76 Å². The Morgan fingerprint density at radius 3 is 2.44 bits per heavy atom. The van der Waals surface area contributed by atoms with Crippen molar-refractivity contribution in [3.63, 3.8) is 0 Å². The summed E-state index contributed by atoms with van der Waals surface area (Å²) in [7, 11) is 5.54. The largest absolute Gasteiger partial charge is 0.507 e. The lowest BCUT2D eigenvalue weighted by atomic mass is 9.84. The molecule has 2 aromatic rings. The van der Waals surface area contributed by atoms with Crippen molar-refractivity contribution in [2.45, 2.75) is 45.6 Å². The molecule has 36 heavy (non-hydrogen) atoms. The lowest BCUT2D eigenvalue weighted by Gasteiger charge is -2.26. The van der Waals surface area contributed by atoms with Crippen LogP contribution in [0.1, 0.15) is 56.8 Å². The fourth-order valence-corrected chi connectivity index (χ4v) is 4.55. The molecule has 1 unspecified atom stereocenters. The summed E-state index contributed by atoms with van der Waals surface area (Å²) in [5.41, 5.74) is 1.91. The Kier molecular flexibility index (Phi) is 8.46. The first kappa shape index (κ1) is 27.3. The van der Waals surface area contributed by atoms with Crippen LogP contribution >= 0.6 is 0 Å². The minimum Gasteiger partial charge on any atom is -0.507 e. The Hall–Kier alpha value is -3.32. The highest BCUT2D eigenvalue weighted by Gasteiger charge is 2.46. The van der Waals surface area contributed by atoms with Crippen molar-refractivity contribution in [2.24, 2.45) is 0 Å². The zero-order valence-corrected chi connectivity index (χ0v) is 22.4. The zero-order valence-electron chi connectivity index (χ0n) is 22.4. The Bertz CT molecular complexity index is 1150. The number of aliphatic hydroxyl groups is 1. The summed E-state index contributed by atoms with van der Waals surface area (Å²) >= 11 is 0. The van der Waals surface area contributed by atoms with Crippen molar-refractivity contribution in [2.75, 3.05) is 40.9 Å². The van der Waals surface area contributed by atoms with Gasteiger partial charge in [-0.05, 0) is 75.3 Å². The zero-order chi connectivity index (χ0) is 26.6. The Labute approximate surface area is 214 Å². The third-order valence-electron chi connectivity index (χ3n) is 6.31. The molecule has 0 saturated carbocycles. The molecule has 1 atom stereocenters. The molecule has 0 aliphatic carbocycles. The van der Waals surface area contributed by atoms with Crippen LogP contribution < -0.4 is 9.47 Å². The first-order chi connectivity index (χ1) is 17.0. The number of nitrogens with zero attached hydrogens (tertiary/aromatic N) is 2. The number of hydrogen-bond acceptors (Lipinski definition) is 6. The van der Waals surface area contributed by atoms with Crippen molar-refractivity contribution >= 4 is 17.4 Å². The average molecular weight is 495 g/mol. The molecule has 1 saturated heterocycles. The van der Waals surface area contributed by atoms with Gasteiger partial charge in [0.2, 0.25) is 0 Å². The summed E-state index contributed by atoms with van der Waals surface area (Å²) < 4.78 is 11.2. The number of carbonyl (C=O) groups excluding carboxylic acids is 2. The van der Waals surface area contributed by atoms with Crippen LogP contribution in [0.15, 0.2) is 48.0 Å². The highest BCUT2D eigenvalue weighted by Crippen LogP contribution is 2.41. The van der Waals surface area contributed by atoms with Gasteiger partial charge in [-0.2, -0.15) is 0 Å². The number of ether oxygens (including phenoxy) is 2. The van der Waals surface area contributed by atoms with E-state index in [-0.39, 0.29) is 16.7 Å². The number of aliphatic hydroxyl groups excluding tert-OH is 1. The van der Waals surface area contributed by atoms with Gasteiger partial charge in [-0.1, -0.05) is 32.9 Å². The van der Waals surface area contributed by atoms with Crippen molar-refractivity contribution in [3.8, 4) is 11.5 Å². The fourth-order valence-electron chi connectivity index (χ4n) is 4.55. The van der Waals surface area contributed by atoms with Crippen LogP contribution in [-0.4, -0.2) is 67.5 Å². The number of methoxy groups -OCH3 is 1. The minimum absolute atomic E-state index is 0.0866. The lowest BCUT2D eigenvalue weighted by Crippen LogP contribution is -2.32. The second kappa shape index (κ2) is 11.2. The maximum Gasteiger partial charge on any atom is 0.295 e. The molecule has 7 heteroatoms. The van der Waals surface area contributed by atoms with Gasteiger partial charge in [0.25, 0.3) is 11.7 Å². The van der Waals surface area contributed by atoms with Gasteiger partial charge in [-0.25, -0.2) is 0 Å². The number of ketones is 1. The molecule has 0 bridgehead atoms. The van der Waals surface area contributed by atoms with Gasteiger partial charge < -0.3 is 24.4 Å². The van der Waals surface area contributed by atoms with E-state index in [0.717, 1.165) is 17.7 Å². The molecule has 1 fully saturated rings. The van der Waals surface area contributed by atoms with Crippen LogP contribution in [0.2, 0.25) is 0 Å². The van der Waals surface area contributed by atoms with Gasteiger partial charge in [0.1, 0.15) is 17.3 Å². The number of benzene rings is 2. The molecule has 0 aromatic heterocycles. The van der Waals surface area contributed by atoms with Crippen LogP contribution in [0.5, 0.6) is 11.5 Å². The molecule has 1 aliphatic heterocycles. The van der Waals surface area contributed by atoms with Gasteiger partial charge in [-0.3, -0.25) is 9.59 Å². The number of hydrogen-bond donors (Lipinski definition) is 1. The highest BCUT2D eigenvalue weighted by atomic mass is 16.5. The summed E-state index contributed by atoms with van der Waals surface area (Å²) in [6, 6.07) is 12.0. The molecule has 1 N–H and O–H groups in total. The van der Waals surface area contributed by atoms with E-state index in [9.17, 15) is 14.7 Å². The second-order valence-electron chi connectivity index (χ2n) is 10.3. The standard InChI is InChI=1S/C29H38N2O5/c1-8-36-21-12-9-11-19(17-21)25-24(27(33)28(34)31(25)16-10-15-30(5)6)26(32)20-13-14-23(35-7)22(18-20)29(2,3)4/h9,11-14,17-18,25,32H,8,10,15-16H2,1-7H3/b26-24+. The quantitative estimate of drug-likeness (QED) is 0.308. The molecule has 0 spiro atoms. The topological polar surface area (TPSA) is 79.3 Å². The van der Waals surface area contributed by atoms with E-state index in [1.54, 1.807) is 24.1 Å². The van der Waals surface area contributed by atoms with Crippen LogP contribution in [-0.2, 0) is 15.0 Å². The molecule has 0 radical (unpaired) electrons. The smallest absolute Gasteiger partial charge is 0.295 e. The Morgan fingerprint density at radius 2 is 1.83 bits per heavy atom. The molecule has 7 nitrogen and oxygen atoms in total.